The third-order valence-electron chi connectivity index (χ3n) is 3.96. The van der Waals surface area contributed by atoms with Crippen molar-refractivity contribution in [2.75, 3.05) is 0 Å². The third-order valence-corrected chi connectivity index (χ3v) is 3.96. The monoisotopic (exact) mass is 263 g/mol. The lowest BCUT2D eigenvalue weighted by Gasteiger charge is -2.11. The highest BCUT2D eigenvalue weighted by Gasteiger charge is 2.36. The molecule has 0 amide bonds. The van der Waals surface area contributed by atoms with Crippen molar-refractivity contribution in [1.82, 2.24) is 4.98 Å². The highest BCUT2D eigenvalue weighted by Crippen LogP contribution is 2.34. The molecule has 0 aliphatic carbocycles. The molecule has 2 aromatic carbocycles. The van der Waals surface area contributed by atoms with Gasteiger partial charge in [-0.05, 0) is 30.1 Å². The second-order valence-corrected chi connectivity index (χ2v) is 5.29. The van der Waals surface area contributed by atoms with E-state index in [1.165, 1.54) is 5.56 Å². The van der Waals surface area contributed by atoms with E-state index in [0.717, 1.165) is 27.5 Å². The van der Waals surface area contributed by atoms with Crippen LogP contribution in [0.5, 0.6) is 0 Å². The zero-order chi connectivity index (χ0) is 13.7. The molecular weight excluding hydrogens is 249 g/mol. The second-order valence-electron chi connectivity index (χ2n) is 5.29. The Morgan fingerprint density at radius 2 is 2.00 bits per heavy atom. The first-order valence-electron chi connectivity index (χ1n) is 6.74. The molecule has 0 saturated heterocycles. The zero-order valence-electron chi connectivity index (χ0n) is 11.1. The molecule has 2 heterocycles. The molecule has 3 nitrogen and oxygen atoms in total. The number of aromatic nitrogens is 1. The molecule has 2 N–H and O–H groups in total. The fourth-order valence-corrected chi connectivity index (χ4v) is 2.96. The van der Waals surface area contributed by atoms with Crippen LogP contribution >= 0.6 is 0 Å². The van der Waals surface area contributed by atoms with Gasteiger partial charge < -0.3 is 14.7 Å². The lowest BCUT2D eigenvalue weighted by atomic mass is 9.79. The highest BCUT2D eigenvalue weighted by atomic mass is 16.5. The number of rotatable bonds is 1. The van der Waals surface area contributed by atoms with Crippen molar-refractivity contribution < 1.29 is 9.68 Å². The summed E-state index contributed by atoms with van der Waals surface area (Å²) < 4.78 is 5.76. The molecule has 3 aromatic rings. The average Bonchev–Trinajstić information content (AvgIpc) is 3.00. The number of fused-ring (bicyclic) bond motifs is 2. The molecule has 98 valence electrons. The summed E-state index contributed by atoms with van der Waals surface area (Å²) >= 11 is 0. The van der Waals surface area contributed by atoms with Gasteiger partial charge in [0, 0.05) is 22.7 Å². The summed E-state index contributed by atoms with van der Waals surface area (Å²) in [6.45, 7) is 2.08. The molecule has 0 saturated carbocycles. The van der Waals surface area contributed by atoms with E-state index in [-0.39, 0.29) is 6.10 Å². The molecular formula is C16H14BNO2. The molecule has 1 aliphatic rings. The summed E-state index contributed by atoms with van der Waals surface area (Å²) in [4.78, 5) is 3.28. The van der Waals surface area contributed by atoms with Crippen LogP contribution in [-0.4, -0.2) is 17.1 Å². The van der Waals surface area contributed by atoms with Crippen LogP contribution in [0.15, 0.2) is 48.7 Å². The summed E-state index contributed by atoms with van der Waals surface area (Å²) in [5.74, 6) is 0. The molecule has 1 aromatic heterocycles. The van der Waals surface area contributed by atoms with Crippen molar-refractivity contribution in [1.29, 1.82) is 0 Å². The second kappa shape index (κ2) is 4.23. The Hall–Kier alpha value is -2.04. The molecule has 1 unspecified atom stereocenters. The molecule has 1 atom stereocenters. The van der Waals surface area contributed by atoms with Crippen molar-refractivity contribution in [3.63, 3.8) is 0 Å². The maximum atomic E-state index is 10.0. The van der Waals surface area contributed by atoms with E-state index in [1.807, 2.05) is 30.5 Å². The van der Waals surface area contributed by atoms with Gasteiger partial charge in [-0.1, -0.05) is 35.9 Å². The molecule has 0 spiro atoms. The lowest BCUT2D eigenvalue weighted by Crippen LogP contribution is -2.27. The summed E-state index contributed by atoms with van der Waals surface area (Å²) in [6.07, 6.45) is 1.76. The quantitative estimate of drug-likeness (QED) is 0.661. The smallest absolute Gasteiger partial charge is 0.423 e. The number of aryl methyl sites for hydroxylation is 1. The van der Waals surface area contributed by atoms with Gasteiger partial charge in [0.25, 0.3) is 0 Å². The van der Waals surface area contributed by atoms with Crippen molar-refractivity contribution in [3.8, 4) is 0 Å². The fraction of sp³-hybridized carbons (Fsp3) is 0.125. The van der Waals surface area contributed by atoms with E-state index in [2.05, 4.69) is 30.1 Å². The van der Waals surface area contributed by atoms with E-state index in [9.17, 15) is 5.02 Å². The van der Waals surface area contributed by atoms with Crippen molar-refractivity contribution in [2.24, 2.45) is 0 Å². The Bertz CT molecular complexity index is 796. The van der Waals surface area contributed by atoms with Crippen LogP contribution in [0, 0.1) is 6.92 Å². The van der Waals surface area contributed by atoms with Gasteiger partial charge in [0.05, 0.1) is 6.10 Å². The van der Waals surface area contributed by atoms with Gasteiger partial charge in [-0.2, -0.15) is 0 Å². The molecule has 4 heteroatoms. The first-order chi connectivity index (χ1) is 9.74. The van der Waals surface area contributed by atoms with Crippen LogP contribution in [-0.2, 0) is 4.65 Å². The Morgan fingerprint density at radius 1 is 1.15 bits per heavy atom. The van der Waals surface area contributed by atoms with E-state index in [4.69, 9.17) is 4.65 Å². The zero-order valence-corrected chi connectivity index (χ0v) is 11.1. The number of aromatic amines is 1. The first-order valence-corrected chi connectivity index (χ1v) is 6.74. The summed E-state index contributed by atoms with van der Waals surface area (Å²) in [5.41, 5.74) is 5.29. The summed E-state index contributed by atoms with van der Waals surface area (Å²) in [6, 6.07) is 14.1. The topological polar surface area (TPSA) is 45.2 Å². The Kier molecular flexibility index (Phi) is 2.49. The molecule has 4 rings (SSSR count). The van der Waals surface area contributed by atoms with Gasteiger partial charge in [-0.25, -0.2) is 0 Å². The van der Waals surface area contributed by atoms with Crippen LogP contribution < -0.4 is 5.46 Å². The minimum absolute atomic E-state index is 0.211. The minimum atomic E-state index is -0.842. The van der Waals surface area contributed by atoms with Crippen LogP contribution in [0.4, 0.5) is 0 Å². The number of hydrogen-bond acceptors (Lipinski definition) is 2. The van der Waals surface area contributed by atoms with Gasteiger partial charge >= 0.3 is 7.12 Å². The van der Waals surface area contributed by atoms with E-state index >= 15 is 0 Å². The van der Waals surface area contributed by atoms with Crippen LogP contribution in [0.2, 0.25) is 0 Å². The van der Waals surface area contributed by atoms with E-state index in [0.29, 0.717) is 0 Å². The Labute approximate surface area is 117 Å². The number of H-pyrrole nitrogens is 1. The maximum absolute atomic E-state index is 10.0. The number of hydrogen-bond donors (Lipinski definition) is 2. The van der Waals surface area contributed by atoms with Gasteiger partial charge in [0.15, 0.2) is 0 Å². The van der Waals surface area contributed by atoms with Crippen LogP contribution in [0.3, 0.4) is 0 Å². The van der Waals surface area contributed by atoms with E-state index in [1.54, 1.807) is 0 Å². The van der Waals surface area contributed by atoms with E-state index < -0.39 is 7.12 Å². The molecule has 0 radical (unpaired) electrons. The third kappa shape index (κ3) is 1.62. The standard InChI is InChI=1S/C16H14BNO2/c1-10-6-7-15-12(8-10)13(9-18-15)16-11-4-2-3-5-14(11)17(19)20-16/h2-9,16,18-19H,1H3. The van der Waals surface area contributed by atoms with Gasteiger partial charge in [0.1, 0.15) is 0 Å². The number of benzene rings is 2. The largest absolute Gasteiger partial charge is 0.492 e. The molecule has 1 aliphatic heterocycles. The SMILES string of the molecule is Cc1ccc2[nH]cc(C3OB(O)c4ccccc43)c2c1. The van der Waals surface area contributed by atoms with Gasteiger partial charge in [-0.15, -0.1) is 0 Å². The lowest BCUT2D eigenvalue weighted by molar-refractivity contribution is 0.228. The Balaban J connectivity index is 1.91. The number of nitrogens with one attached hydrogen (secondary N) is 1. The predicted octanol–water partition coefficient (Wildman–Crippen LogP) is 2.28. The summed E-state index contributed by atoms with van der Waals surface area (Å²) in [5, 5.41) is 11.2. The molecule has 0 fully saturated rings. The van der Waals surface area contributed by atoms with Crippen molar-refractivity contribution in [2.45, 2.75) is 13.0 Å². The van der Waals surface area contributed by atoms with Crippen molar-refractivity contribution in [3.05, 3.63) is 65.4 Å². The van der Waals surface area contributed by atoms with Gasteiger partial charge in [-0.3, -0.25) is 0 Å². The highest BCUT2D eigenvalue weighted by molar-refractivity contribution is 6.61. The Morgan fingerprint density at radius 3 is 2.90 bits per heavy atom. The normalized spacial score (nSPS) is 17.7. The predicted molar refractivity (Wildman–Crippen MR) is 80.0 cm³/mol. The maximum Gasteiger partial charge on any atom is 0.492 e. The van der Waals surface area contributed by atoms with Crippen LogP contribution in [0.25, 0.3) is 10.9 Å². The summed E-state index contributed by atoms with van der Waals surface area (Å²) in [7, 11) is -0.842. The fourth-order valence-electron chi connectivity index (χ4n) is 2.96. The molecule has 0 bridgehead atoms. The first kappa shape index (κ1) is 11.8. The minimum Gasteiger partial charge on any atom is -0.423 e. The van der Waals surface area contributed by atoms with Crippen LogP contribution in [0.1, 0.15) is 22.8 Å². The van der Waals surface area contributed by atoms with Crippen molar-refractivity contribution >= 4 is 23.5 Å². The van der Waals surface area contributed by atoms with Gasteiger partial charge in [0.2, 0.25) is 0 Å². The average molecular weight is 263 g/mol. The molecule has 20 heavy (non-hydrogen) atoms.